The van der Waals surface area contributed by atoms with Crippen LogP contribution in [-0.2, 0) is 0 Å². The molecule has 2 fully saturated rings. The molecule has 0 saturated heterocycles. The Hall–Kier alpha value is 2.88. The molecule has 0 amide bonds. The first-order valence-electron chi connectivity index (χ1n) is 7.24. The number of hydrogen-bond acceptors (Lipinski definition) is 0. The van der Waals surface area contributed by atoms with E-state index in [0.717, 1.165) is 11.8 Å². The number of halogens is 6. The van der Waals surface area contributed by atoms with Crippen molar-refractivity contribution in [2.24, 2.45) is 11.8 Å². The fraction of sp³-hybridized carbons (Fsp3) is 1.00. The third-order valence-electron chi connectivity index (χ3n) is 4.67. The Labute approximate surface area is 173 Å². The average molecular weight is 668 g/mol. The second kappa shape index (κ2) is 8.82. The van der Waals surface area contributed by atoms with Crippen LogP contribution in [0.25, 0.3) is 0 Å². The topological polar surface area (TPSA) is 0 Å². The first-order valence-corrected chi connectivity index (χ1v) is 12.7. The van der Waals surface area contributed by atoms with Gasteiger partial charge in [0.2, 0.25) is 0 Å². The van der Waals surface area contributed by atoms with Crippen LogP contribution in [0.3, 0.4) is 0 Å². The Kier molecular flexibility index (Phi) is 8.47. The summed E-state index contributed by atoms with van der Waals surface area (Å²) in [7, 11) is 0. The molecule has 8 unspecified atom stereocenters. The first kappa shape index (κ1) is 19.2. The lowest BCUT2D eigenvalue weighted by molar-refractivity contribution is 0.310. The van der Waals surface area contributed by atoms with Crippen LogP contribution in [0, 0.1) is 11.8 Å². The minimum Gasteiger partial charge on any atom is -0.0879 e. The highest BCUT2D eigenvalue weighted by atomic mass is 79.9. The Bertz CT molecular complexity index is 282. The molecular formula is C14H20Br6. The molecule has 0 aromatic rings. The molecule has 20 heavy (non-hydrogen) atoms. The summed E-state index contributed by atoms with van der Waals surface area (Å²) in [6.07, 6.45) is 7.72. The number of alkyl halides is 6. The monoisotopic (exact) mass is 662 g/mol. The summed E-state index contributed by atoms with van der Waals surface area (Å²) in [6.45, 7) is 0. The van der Waals surface area contributed by atoms with Gasteiger partial charge in [-0.1, -0.05) is 95.6 Å². The molecule has 0 bridgehead atoms. The lowest BCUT2D eigenvalue weighted by Gasteiger charge is -2.39. The minimum atomic E-state index is 0.583. The standard InChI is InChI=1S/C14H20Br6/c15-9-3-1-7(5-11(9)17)13(19)14(20)8-2-4-10(16)12(18)6-8/h7-14H,1-6H2. The van der Waals surface area contributed by atoms with E-state index in [0.29, 0.717) is 29.0 Å². The van der Waals surface area contributed by atoms with Gasteiger partial charge in [0, 0.05) is 29.0 Å². The van der Waals surface area contributed by atoms with Gasteiger partial charge in [-0.3, -0.25) is 0 Å². The van der Waals surface area contributed by atoms with Gasteiger partial charge in [0.1, 0.15) is 0 Å². The zero-order valence-corrected chi connectivity index (χ0v) is 20.6. The van der Waals surface area contributed by atoms with Crippen molar-refractivity contribution in [2.75, 3.05) is 0 Å². The maximum atomic E-state index is 4.01. The van der Waals surface area contributed by atoms with Gasteiger partial charge in [0.15, 0.2) is 0 Å². The summed E-state index contributed by atoms with van der Waals surface area (Å²) >= 11 is 23.2. The Morgan fingerprint density at radius 3 is 1.20 bits per heavy atom. The molecule has 0 heterocycles. The highest BCUT2D eigenvalue weighted by molar-refractivity contribution is 9.13. The molecule has 2 rings (SSSR count). The van der Waals surface area contributed by atoms with Crippen molar-refractivity contribution in [2.45, 2.75) is 67.5 Å². The van der Waals surface area contributed by atoms with Gasteiger partial charge in [0.25, 0.3) is 0 Å². The van der Waals surface area contributed by atoms with Crippen molar-refractivity contribution in [3.63, 3.8) is 0 Å². The van der Waals surface area contributed by atoms with Crippen LogP contribution >= 0.6 is 95.6 Å². The predicted octanol–water partition coefficient (Wildman–Crippen LogP) is 7.17. The molecule has 8 atom stereocenters. The van der Waals surface area contributed by atoms with Gasteiger partial charge < -0.3 is 0 Å². The molecule has 2 aliphatic carbocycles. The summed E-state index contributed by atoms with van der Waals surface area (Å²) in [5.74, 6) is 1.54. The first-order chi connectivity index (χ1) is 9.40. The van der Waals surface area contributed by atoms with E-state index in [-0.39, 0.29) is 0 Å². The van der Waals surface area contributed by atoms with Crippen molar-refractivity contribution in [1.82, 2.24) is 0 Å². The van der Waals surface area contributed by atoms with Crippen LogP contribution in [-0.4, -0.2) is 29.0 Å². The van der Waals surface area contributed by atoms with Gasteiger partial charge in [-0.25, -0.2) is 0 Å². The second-order valence-corrected chi connectivity index (χ2v) is 12.9. The van der Waals surface area contributed by atoms with Gasteiger partial charge in [0.05, 0.1) is 0 Å². The molecule has 0 aromatic carbocycles. The molecule has 6 heteroatoms. The zero-order chi connectivity index (χ0) is 14.9. The average Bonchev–Trinajstić information content (AvgIpc) is 2.43. The van der Waals surface area contributed by atoms with E-state index in [1.165, 1.54) is 38.5 Å². The molecular weight excluding hydrogens is 648 g/mol. The van der Waals surface area contributed by atoms with Crippen LogP contribution in [0.15, 0.2) is 0 Å². The van der Waals surface area contributed by atoms with Crippen molar-refractivity contribution in [3.8, 4) is 0 Å². The molecule has 2 saturated carbocycles. The summed E-state index contributed by atoms with van der Waals surface area (Å²) in [6, 6.07) is 0. The Morgan fingerprint density at radius 1 is 0.550 bits per heavy atom. The summed E-state index contributed by atoms with van der Waals surface area (Å²) < 4.78 is 0. The highest BCUT2D eigenvalue weighted by Gasteiger charge is 2.38. The maximum Gasteiger partial charge on any atom is 0.0302 e. The third kappa shape index (κ3) is 4.94. The number of rotatable bonds is 3. The van der Waals surface area contributed by atoms with E-state index in [1.807, 2.05) is 0 Å². The minimum absolute atomic E-state index is 0.583. The fourth-order valence-electron chi connectivity index (χ4n) is 3.32. The van der Waals surface area contributed by atoms with Crippen LogP contribution in [0.4, 0.5) is 0 Å². The van der Waals surface area contributed by atoms with Crippen molar-refractivity contribution < 1.29 is 0 Å². The molecule has 0 radical (unpaired) electrons. The van der Waals surface area contributed by atoms with E-state index in [1.54, 1.807) is 0 Å². The molecule has 118 valence electrons. The number of hydrogen-bond donors (Lipinski definition) is 0. The predicted molar refractivity (Wildman–Crippen MR) is 111 cm³/mol. The van der Waals surface area contributed by atoms with Crippen molar-refractivity contribution in [1.29, 1.82) is 0 Å². The van der Waals surface area contributed by atoms with E-state index in [9.17, 15) is 0 Å². The Morgan fingerprint density at radius 2 is 0.900 bits per heavy atom. The van der Waals surface area contributed by atoms with Gasteiger partial charge in [-0.2, -0.15) is 0 Å². The summed E-state index contributed by atoms with van der Waals surface area (Å²) in [4.78, 5) is 3.68. The SMILES string of the molecule is BrC1CCC(C(Br)C(Br)C2CCC(Br)C(Br)C2)CC1Br. The summed E-state index contributed by atoms with van der Waals surface area (Å²) in [5.41, 5.74) is 0. The van der Waals surface area contributed by atoms with Crippen LogP contribution < -0.4 is 0 Å². The smallest absolute Gasteiger partial charge is 0.0302 e. The molecule has 0 aromatic heterocycles. The van der Waals surface area contributed by atoms with Crippen molar-refractivity contribution >= 4 is 95.6 Å². The Balaban J connectivity index is 1.90. The molecule has 0 N–H and O–H groups in total. The van der Waals surface area contributed by atoms with Crippen LogP contribution in [0.5, 0.6) is 0 Å². The second-order valence-electron chi connectivity index (χ2n) is 6.10. The van der Waals surface area contributed by atoms with E-state index in [2.05, 4.69) is 95.6 Å². The summed E-state index contributed by atoms with van der Waals surface area (Å²) in [5, 5.41) is 0. The maximum absolute atomic E-state index is 4.01. The molecule has 0 spiro atoms. The molecule has 2 aliphatic rings. The van der Waals surface area contributed by atoms with Gasteiger partial charge >= 0.3 is 0 Å². The molecule has 0 nitrogen and oxygen atoms in total. The fourth-order valence-corrected chi connectivity index (χ4v) is 7.59. The normalized spacial score (nSPS) is 45.9. The largest absolute Gasteiger partial charge is 0.0879 e. The van der Waals surface area contributed by atoms with E-state index < -0.39 is 0 Å². The highest BCUT2D eigenvalue weighted by Crippen LogP contribution is 2.44. The van der Waals surface area contributed by atoms with E-state index >= 15 is 0 Å². The van der Waals surface area contributed by atoms with E-state index in [4.69, 9.17) is 0 Å². The molecule has 0 aliphatic heterocycles. The van der Waals surface area contributed by atoms with Crippen LogP contribution in [0.2, 0.25) is 0 Å². The van der Waals surface area contributed by atoms with Crippen molar-refractivity contribution in [3.05, 3.63) is 0 Å². The van der Waals surface area contributed by atoms with Gasteiger partial charge in [-0.15, -0.1) is 0 Å². The lowest BCUT2D eigenvalue weighted by atomic mass is 9.80. The quantitative estimate of drug-likeness (QED) is 0.280. The zero-order valence-electron chi connectivity index (χ0n) is 11.1. The lowest BCUT2D eigenvalue weighted by Crippen LogP contribution is -2.39. The third-order valence-corrected chi connectivity index (χ3v) is 13.7. The van der Waals surface area contributed by atoms with Gasteiger partial charge in [-0.05, 0) is 50.4 Å². The van der Waals surface area contributed by atoms with Crippen LogP contribution in [0.1, 0.15) is 38.5 Å².